The number of aromatic hydroxyl groups is 1. The van der Waals surface area contributed by atoms with Crippen LogP contribution in [0.1, 0.15) is 15.9 Å². The summed E-state index contributed by atoms with van der Waals surface area (Å²) in [5.41, 5.74) is 2.20. The van der Waals surface area contributed by atoms with E-state index < -0.39 is 0 Å². The molecule has 0 bridgehead atoms. The van der Waals surface area contributed by atoms with Crippen LogP contribution in [0.5, 0.6) is 5.75 Å². The first-order valence-corrected chi connectivity index (χ1v) is 8.25. The number of phenols is 1. The summed E-state index contributed by atoms with van der Waals surface area (Å²) in [4.78, 5) is 12.1. The number of alkyl halides is 1. The lowest BCUT2D eigenvalue weighted by molar-refractivity contribution is 0.102. The minimum atomic E-state index is -0.311. The summed E-state index contributed by atoms with van der Waals surface area (Å²) >= 11 is 5.50. The van der Waals surface area contributed by atoms with Crippen LogP contribution in [0.4, 0.5) is 5.69 Å². The SMILES string of the molecule is O=C(Nc1ccc(CCBr)cc1)c1cc(I)ccc1O. The van der Waals surface area contributed by atoms with Crippen molar-refractivity contribution in [3.05, 3.63) is 57.2 Å². The smallest absolute Gasteiger partial charge is 0.259 e. The number of rotatable bonds is 4. The van der Waals surface area contributed by atoms with Gasteiger partial charge in [-0.1, -0.05) is 28.1 Å². The lowest BCUT2D eigenvalue weighted by Gasteiger charge is -2.08. The maximum absolute atomic E-state index is 12.1. The predicted octanol–water partition coefficient (Wildman–Crippen LogP) is 4.19. The van der Waals surface area contributed by atoms with Crippen molar-refractivity contribution in [1.82, 2.24) is 0 Å². The molecule has 0 aliphatic heterocycles. The van der Waals surface area contributed by atoms with Crippen molar-refractivity contribution < 1.29 is 9.90 Å². The Labute approximate surface area is 139 Å². The van der Waals surface area contributed by atoms with Gasteiger partial charge in [-0.15, -0.1) is 0 Å². The summed E-state index contributed by atoms with van der Waals surface area (Å²) in [5.74, 6) is -0.326. The Balaban J connectivity index is 2.13. The summed E-state index contributed by atoms with van der Waals surface area (Å²) < 4.78 is 0.901. The molecule has 2 rings (SSSR count). The number of nitrogens with one attached hydrogen (secondary N) is 1. The number of amides is 1. The van der Waals surface area contributed by atoms with Gasteiger partial charge in [0.05, 0.1) is 5.56 Å². The van der Waals surface area contributed by atoms with E-state index in [-0.39, 0.29) is 17.2 Å². The van der Waals surface area contributed by atoms with Crippen molar-refractivity contribution in [2.75, 3.05) is 10.6 Å². The van der Waals surface area contributed by atoms with Crippen LogP contribution in [0, 0.1) is 3.57 Å². The highest BCUT2D eigenvalue weighted by Crippen LogP contribution is 2.21. The molecule has 0 heterocycles. The van der Waals surface area contributed by atoms with E-state index in [0.717, 1.165) is 15.3 Å². The fraction of sp³-hybridized carbons (Fsp3) is 0.133. The van der Waals surface area contributed by atoms with Gasteiger partial charge < -0.3 is 10.4 Å². The first-order chi connectivity index (χ1) is 9.60. The lowest BCUT2D eigenvalue weighted by Crippen LogP contribution is -2.12. The first kappa shape index (κ1) is 15.3. The van der Waals surface area contributed by atoms with Crippen LogP contribution >= 0.6 is 38.5 Å². The van der Waals surface area contributed by atoms with Gasteiger partial charge in [0.15, 0.2) is 0 Å². The highest BCUT2D eigenvalue weighted by Gasteiger charge is 2.11. The van der Waals surface area contributed by atoms with Gasteiger partial charge in [-0.3, -0.25) is 4.79 Å². The summed E-state index contributed by atoms with van der Waals surface area (Å²) in [7, 11) is 0. The highest BCUT2D eigenvalue weighted by atomic mass is 127. The Morgan fingerprint density at radius 1 is 1.20 bits per heavy atom. The quantitative estimate of drug-likeness (QED) is 0.547. The highest BCUT2D eigenvalue weighted by molar-refractivity contribution is 14.1. The molecule has 3 nitrogen and oxygen atoms in total. The standard InChI is InChI=1S/C15H13BrINO2/c16-8-7-10-1-4-12(5-2-10)18-15(20)13-9-11(17)3-6-14(13)19/h1-6,9,19H,7-8H2,(H,18,20). The third-order valence-electron chi connectivity index (χ3n) is 2.80. The van der Waals surface area contributed by atoms with Gasteiger partial charge in [0.1, 0.15) is 5.75 Å². The predicted molar refractivity (Wildman–Crippen MR) is 92.7 cm³/mol. The molecule has 2 N–H and O–H groups in total. The number of anilines is 1. The van der Waals surface area contributed by atoms with Crippen molar-refractivity contribution in [3.8, 4) is 5.75 Å². The lowest BCUT2D eigenvalue weighted by atomic mass is 10.1. The number of carbonyl (C=O) groups excluding carboxylic acids is 1. The third kappa shape index (κ3) is 3.96. The minimum Gasteiger partial charge on any atom is -0.507 e. The average Bonchev–Trinajstić information content (AvgIpc) is 2.44. The minimum absolute atomic E-state index is 0.0150. The summed E-state index contributed by atoms with van der Waals surface area (Å²) in [6.07, 6.45) is 0.950. The largest absolute Gasteiger partial charge is 0.507 e. The van der Waals surface area contributed by atoms with E-state index in [9.17, 15) is 9.90 Å². The van der Waals surface area contributed by atoms with E-state index in [4.69, 9.17) is 0 Å². The van der Waals surface area contributed by atoms with Crippen LogP contribution in [0.15, 0.2) is 42.5 Å². The molecular weight excluding hydrogens is 433 g/mol. The second kappa shape index (κ2) is 7.08. The molecule has 2 aromatic carbocycles. The van der Waals surface area contributed by atoms with Gasteiger partial charge in [-0.2, -0.15) is 0 Å². The molecule has 0 radical (unpaired) electrons. The van der Waals surface area contributed by atoms with Crippen LogP contribution in [0.2, 0.25) is 0 Å². The molecule has 0 spiro atoms. The van der Waals surface area contributed by atoms with E-state index in [2.05, 4.69) is 43.8 Å². The molecule has 1 amide bonds. The van der Waals surface area contributed by atoms with Gasteiger partial charge in [0.2, 0.25) is 0 Å². The summed E-state index contributed by atoms with van der Waals surface area (Å²) in [6, 6.07) is 12.6. The molecule has 0 aliphatic rings. The Morgan fingerprint density at radius 2 is 1.90 bits per heavy atom. The molecule has 104 valence electrons. The number of benzene rings is 2. The zero-order valence-corrected chi connectivity index (χ0v) is 14.3. The van der Waals surface area contributed by atoms with Crippen LogP contribution in [-0.2, 0) is 6.42 Å². The first-order valence-electron chi connectivity index (χ1n) is 6.05. The molecule has 20 heavy (non-hydrogen) atoms. The van der Waals surface area contributed by atoms with Crippen molar-refractivity contribution in [2.24, 2.45) is 0 Å². The van der Waals surface area contributed by atoms with Gasteiger partial charge in [-0.25, -0.2) is 0 Å². The van der Waals surface area contributed by atoms with Crippen LogP contribution < -0.4 is 5.32 Å². The zero-order chi connectivity index (χ0) is 14.5. The van der Waals surface area contributed by atoms with E-state index in [0.29, 0.717) is 5.69 Å². The Morgan fingerprint density at radius 3 is 2.55 bits per heavy atom. The fourth-order valence-corrected chi connectivity index (χ4v) is 2.70. The molecular formula is C15H13BrINO2. The average molecular weight is 446 g/mol. The van der Waals surface area contributed by atoms with Crippen molar-refractivity contribution in [3.63, 3.8) is 0 Å². The molecule has 0 unspecified atom stereocenters. The second-order valence-corrected chi connectivity index (χ2v) is 6.29. The molecule has 0 aliphatic carbocycles. The Kier molecular flexibility index (Phi) is 5.42. The number of halogens is 2. The maximum atomic E-state index is 12.1. The van der Waals surface area contributed by atoms with E-state index in [1.54, 1.807) is 12.1 Å². The van der Waals surface area contributed by atoms with E-state index in [1.165, 1.54) is 11.6 Å². The molecule has 2 aromatic rings. The number of carbonyl (C=O) groups is 1. The molecule has 0 saturated heterocycles. The van der Waals surface area contributed by atoms with Gasteiger partial charge in [0.25, 0.3) is 5.91 Å². The molecule has 5 heteroatoms. The Bertz CT molecular complexity index is 614. The number of phenolic OH excluding ortho intramolecular Hbond substituents is 1. The monoisotopic (exact) mass is 445 g/mol. The van der Waals surface area contributed by atoms with Crippen LogP contribution in [0.3, 0.4) is 0 Å². The van der Waals surface area contributed by atoms with Gasteiger partial charge >= 0.3 is 0 Å². The van der Waals surface area contributed by atoms with Crippen molar-refractivity contribution in [2.45, 2.75) is 6.42 Å². The Hall–Kier alpha value is -1.08. The van der Waals surface area contributed by atoms with Crippen molar-refractivity contribution in [1.29, 1.82) is 0 Å². The van der Waals surface area contributed by atoms with Gasteiger partial charge in [0, 0.05) is 14.6 Å². The molecule has 0 saturated carbocycles. The summed E-state index contributed by atoms with van der Waals surface area (Å²) in [5, 5.41) is 13.4. The third-order valence-corrected chi connectivity index (χ3v) is 3.87. The van der Waals surface area contributed by atoms with E-state index in [1.807, 2.05) is 24.3 Å². The van der Waals surface area contributed by atoms with Crippen LogP contribution in [-0.4, -0.2) is 16.3 Å². The second-order valence-electron chi connectivity index (χ2n) is 4.25. The number of aryl methyl sites for hydroxylation is 1. The zero-order valence-electron chi connectivity index (χ0n) is 10.6. The van der Waals surface area contributed by atoms with Crippen LogP contribution in [0.25, 0.3) is 0 Å². The molecule has 0 atom stereocenters. The van der Waals surface area contributed by atoms with Crippen molar-refractivity contribution >= 4 is 50.1 Å². The summed E-state index contributed by atoms with van der Waals surface area (Å²) in [6.45, 7) is 0. The maximum Gasteiger partial charge on any atom is 0.259 e. The van der Waals surface area contributed by atoms with Gasteiger partial charge in [-0.05, 0) is 64.9 Å². The van der Waals surface area contributed by atoms with E-state index >= 15 is 0 Å². The molecule has 0 aromatic heterocycles. The topological polar surface area (TPSA) is 49.3 Å². The fourth-order valence-electron chi connectivity index (χ4n) is 1.75. The number of hydrogen-bond acceptors (Lipinski definition) is 2. The normalized spacial score (nSPS) is 10.3. The number of hydrogen-bond donors (Lipinski definition) is 2. The molecule has 0 fully saturated rings.